The molecule has 0 saturated heterocycles. The van der Waals surface area contributed by atoms with Crippen LogP contribution in [0.25, 0.3) is 6.08 Å². The van der Waals surface area contributed by atoms with Crippen molar-refractivity contribution in [3.05, 3.63) is 104 Å². The number of para-hydroxylation sites is 1. The van der Waals surface area contributed by atoms with Crippen LogP contribution in [-0.2, 0) is 11.4 Å². The SMILES string of the molecule is N#C/C(=C\c1ccccc1OCc1ccccc1Cl)C(=O)Nc1cc([N+](=O)[O-])ccc1Cl. The minimum atomic E-state index is -0.768. The fourth-order valence-corrected chi connectivity index (χ4v) is 3.07. The highest BCUT2D eigenvalue weighted by molar-refractivity contribution is 6.34. The normalized spacial score (nSPS) is 10.8. The van der Waals surface area contributed by atoms with Crippen molar-refractivity contribution < 1.29 is 14.5 Å². The van der Waals surface area contributed by atoms with E-state index in [0.29, 0.717) is 16.3 Å². The lowest BCUT2D eigenvalue weighted by Crippen LogP contribution is -2.14. The summed E-state index contributed by atoms with van der Waals surface area (Å²) in [6.07, 6.45) is 1.36. The summed E-state index contributed by atoms with van der Waals surface area (Å²) < 4.78 is 5.84. The predicted molar refractivity (Wildman–Crippen MR) is 123 cm³/mol. The van der Waals surface area contributed by atoms with Crippen LogP contribution in [0.5, 0.6) is 5.75 Å². The first-order valence-electron chi connectivity index (χ1n) is 9.21. The number of hydrogen-bond donors (Lipinski definition) is 1. The number of ether oxygens (including phenoxy) is 1. The van der Waals surface area contributed by atoms with E-state index in [2.05, 4.69) is 5.32 Å². The Bertz CT molecular complexity index is 1250. The number of carbonyl (C=O) groups is 1. The summed E-state index contributed by atoms with van der Waals surface area (Å²) in [4.78, 5) is 23.0. The van der Waals surface area contributed by atoms with E-state index in [1.165, 1.54) is 18.2 Å². The highest BCUT2D eigenvalue weighted by Gasteiger charge is 2.16. The first-order valence-corrected chi connectivity index (χ1v) is 9.97. The summed E-state index contributed by atoms with van der Waals surface area (Å²) in [7, 11) is 0. The van der Waals surface area contributed by atoms with Crippen LogP contribution in [-0.4, -0.2) is 10.8 Å². The minimum Gasteiger partial charge on any atom is -0.488 e. The third-order valence-electron chi connectivity index (χ3n) is 4.33. The molecule has 0 fully saturated rings. The summed E-state index contributed by atoms with van der Waals surface area (Å²) >= 11 is 12.2. The van der Waals surface area contributed by atoms with E-state index in [0.717, 1.165) is 11.6 Å². The smallest absolute Gasteiger partial charge is 0.271 e. The summed E-state index contributed by atoms with van der Waals surface area (Å²) in [5, 5.41) is 23.6. The lowest BCUT2D eigenvalue weighted by Gasteiger charge is -2.11. The number of carbonyl (C=O) groups excluding carboxylic acids is 1. The number of amides is 1. The molecule has 0 bridgehead atoms. The molecule has 0 unspecified atom stereocenters. The molecule has 32 heavy (non-hydrogen) atoms. The van der Waals surface area contributed by atoms with E-state index in [1.54, 1.807) is 30.3 Å². The second kappa shape index (κ2) is 10.4. The fourth-order valence-electron chi connectivity index (χ4n) is 2.72. The van der Waals surface area contributed by atoms with Gasteiger partial charge in [-0.05, 0) is 24.3 Å². The molecule has 0 saturated carbocycles. The van der Waals surface area contributed by atoms with Crippen molar-refractivity contribution in [1.82, 2.24) is 0 Å². The summed E-state index contributed by atoms with van der Waals surface area (Å²) in [5.41, 5.74) is 0.824. The first kappa shape index (κ1) is 22.8. The molecule has 0 radical (unpaired) electrons. The number of nitro benzene ring substituents is 1. The van der Waals surface area contributed by atoms with Gasteiger partial charge in [-0.2, -0.15) is 5.26 Å². The maximum absolute atomic E-state index is 12.6. The molecule has 0 aliphatic carbocycles. The molecule has 0 aliphatic rings. The molecule has 160 valence electrons. The second-order valence-corrected chi connectivity index (χ2v) is 7.28. The quantitative estimate of drug-likeness (QED) is 0.197. The zero-order valence-corrected chi connectivity index (χ0v) is 17.9. The lowest BCUT2D eigenvalue weighted by molar-refractivity contribution is -0.384. The summed E-state index contributed by atoms with van der Waals surface area (Å²) in [6.45, 7) is 0.196. The first-order chi connectivity index (χ1) is 15.4. The van der Waals surface area contributed by atoms with Gasteiger partial charge in [-0.3, -0.25) is 14.9 Å². The van der Waals surface area contributed by atoms with Crippen LogP contribution >= 0.6 is 23.2 Å². The van der Waals surface area contributed by atoms with Gasteiger partial charge in [-0.25, -0.2) is 0 Å². The van der Waals surface area contributed by atoms with Crippen molar-refractivity contribution >= 4 is 46.6 Å². The molecule has 0 aliphatic heterocycles. The van der Waals surface area contributed by atoms with Gasteiger partial charge in [0.25, 0.3) is 11.6 Å². The third-order valence-corrected chi connectivity index (χ3v) is 5.03. The number of nitro groups is 1. The minimum absolute atomic E-state index is 0.0234. The molecule has 3 aromatic carbocycles. The van der Waals surface area contributed by atoms with Crippen molar-refractivity contribution in [2.75, 3.05) is 5.32 Å². The largest absolute Gasteiger partial charge is 0.488 e. The Hall–Kier alpha value is -3.86. The standard InChI is InChI=1S/C23H15Cl2N3O4/c24-19-7-3-1-6-16(19)14-32-22-8-4-2-5-15(22)11-17(13-26)23(29)27-21-12-18(28(30)31)9-10-20(21)25/h1-12H,14H2,(H,27,29)/b17-11+. The maximum Gasteiger partial charge on any atom is 0.271 e. The van der Waals surface area contributed by atoms with Gasteiger partial charge in [0.15, 0.2) is 0 Å². The molecule has 7 nitrogen and oxygen atoms in total. The van der Waals surface area contributed by atoms with Crippen molar-refractivity contribution in [1.29, 1.82) is 5.26 Å². The van der Waals surface area contributed by atoms with Crippen LogP contribution in [0.15, 0.2) is 72.3 Å². The molecular weight excluding hydrogens is 453 g/mol. The number of nitrogens with one attached hydrogen (secondary N) is 1. The Labute approximate surface area is 193 Å². The van der Waals surface area contributed by atoms with Gasteiger partial charge < -0.3 is 10.1 Å². The molecule has 9 heteroatoms. The van der Waals surface area contributed by atoms with E-state index in [4.69, 9.17) is 27.9 Å². The molecule has 1 N–H and O–H groups in total. The number of benzene rings is 3. The molecule has 0 heterocycles. The number of halogens is 2. The Morgan fingerprint density at radius 1 is 1.09 bits per heavy atom. The van der Waals surface area contributed by atoms with E-state index in [9.17, 15) is 20.2 Å². The number of nitriles is 1. The topological polar surface area (TPSA) is 105 Å². The van der Waals surface area contributed by atoms with Crippen LogP contribution in [0, 0.1) is 21.4 Å². The van der Waals surface area contributed by atoms with Crippen LogP contribution < -0.4 is 10.1 Å². The fraction of sp³-hybridized carbons (Fsp3) is 0.0435. The third kappa shape index (κ3) is 5.64. The summed E-state index contributed by atoms with van der Waals surface area (Å²) in [6, 6.07) is 19.6. The highest BCUT2D eigenvalue weighted by atomic mass is 35.5. The summed E-state index contributed by atoms with van der Waals surface area (Å²) in [5.74, 6) is -0.322. The van der Waals surface area contributed by atoms with Crippen molar-refractivity contribution in [2.45, 2.75) is 6.61 Å². The lowest BCUT2D eigenvalue weighted by atomic mass is 10.1. The Kier molecular flexibility index (Phi) is 7.45. The Morgan fingerprint density at radius 2 is 1.81 bits per heavy atom. The van der Waals surface area contributed by atoms with Gasteiger partial charge in [0.1, 0.15) is 24.0 Å². The molecule has 3 aromatic rings. The van der Waals surface area contributed by atoms with Gasteiger partial charge >= 0.3 is 0 Å². The van der Waals surface area contributed by atoms with E-state index >= 15 is 0 Å². The number of rotatable bonds is 7. The zero-order valence-electron chi connectivity index (χ0n) is 16.4. The van der Waals surface area contributed by atoms with Crippen LogP contribution in [0.3, 0.4) is 0 Å². The number of nitrogens with zero attached hydrogens (tertiary/aromatic N) is 2. The van der Waals surface area contributed by atoms with Gasteiger partial charge in [-0.1, -0.05) is 59.6 Å². The van der Waals surface area contributed by atoms with Crippen molar-refractivity contribution in [3.8, 4) is 11.8 Å². The molecule has 0 spiro atoms. The predicted octanol–water partition coefficient (Wildman–Crippen LogP) is 6.03. The van der Waals surface area contributed by atoms with Crippen molar-refractivity contribution in [3.63, 3.8) is 0 Å². The molecule has 1 amide bonds. The second-order valence-electron chi connectivity index (χ2n) is 6.46. The van der Waals surface area contributed by atoms with E-state index in [-0.39, 0.29) is 28.6 Å². The Balaban J connectivity index is 1.83. The molecule has 0 aromatic heterocycles. The molecule has 0 atom stereocenters. The average molecular weight is 468 g/mol. The van der Waals surface area contributed by atoms with Crippen molar-refractivity contribution in [2.24, 2.45) is 0 Å². The van der Waals surface area contributed by atoms with Gasteiger partial charge in [0.05, 0.1) is 15.6 Å². The van der Waals surface area contributed by atoms with Crippen LogP contribution in [0.4, 0.5) is 11.4 Å². The zero-order chi connectivity index (χ0) is 23.1. The van der Waals surface area contributed by atoms with Crippen LogP contribution in [0.2, 0.25) is 10.0 Å². The van der Waals surface area contributed by atoms with Gasteiger partial charge in [-0.15, -0.1) is 0 Å². The van der Waals surface area contributed by atoms with E-state index in [1.807, 2.05) is 24.3 Å². The number of anilines is 1. The number of non-ortho nitro benzene ring substituents is 1. The average Bonchev–Trinajstić information content (AvgIpc) is 2.78. The molecular formula is C23H15Cl2N3O4. The Morgan fingerprint density at radius 3 is 2.53 bits per heavy atom. The maximum atomic E-state index is 12.6. The van der Waals surface area contributed by atoms with Crippen LogP contribution in [0.1, 0.15) is 11.1 Å². The highest BCUT2D eigenvalue weighted by Crippen LogP contribution is 2.28. The monoisotopic (exact) mass is 467 g/mol. The van der Waals surface area contributed by atoms with Gasteiger partial charge in [0.2, 0.25) is 0 Å². The molecule has 3 rings (SSSR count). The number of hydrogen-bond acceptors (Lipinski definition) is 5. The van der Waals surface area contributed by atoms with E-state index < -0.39 is 10.8 Å². The van der Waals surface area contributed by atoms with Gasteiger partial charge in [0, 0.05) is 28.3 Å².